The van der Waals surface area contributed by atoms with E-state index in [2.05, 4.69) is 41.0 Å². The molecule has 4 rings (SSSR count). The highest BCUT2D eigenvalue weighted by molar-refractivity contribution is 5.76. The van der Waals surface area contributed by atoms with Crippen LogP contribution in [-0.2, 0) is 6.54 Å². The fraction of sp³-hybridized carbons (Fsp3) is 0.278. The Morgan fingerprint density at radius 3 is 2.67 bits per heavy atom. The molecule has 21 heavy (non-hydrogen) atoms. The van der Waals surface area contributed by atoms with Crippen LogP contribution in [0.1, 0.15) is 30.1 Å². The quantitative estimate of drug-likeness (QED) is 0.722. The number of hydrogen-bond donors (Lipinski definition) is 0. The van der Waals surface area contributed by atoms with Crippen LogP contribution in [0.15, 0.2) is 48.5 Å². The fourth-order valence-corrected chi connectivity index (χ4v) is 2.92. The first kappa shape index (κ1) is 12.5. The number of hydrogen-bond acceptors (Lipinski definition) is 2. The van der Waals surface area contributed by atoms with Gasteiger partial charge in [-0.2, -0.15) is 0 Å². The third-order valence-electron chi connectivity index (χ3n) is 4.15. The van der Waals surface area contributed by atoms with E-state index < -0.39 is 0 Å². The molecule has 3 heteroatoms. The second-order valence-corrected chi connectivity index (χ2v) is 5.63. The van der Waals surface area contributed by atoms with Gasteiger partial charge in [0.15, 0.2) is 0 Å². The van der Waals surface area contributed by atoms with E-state index in [0.717, 1.165) is 17.8 Å². The maximum Gasteiger partial charge on any atom is 0.123 e. The van der Waals surface area contributed by atoms with Crippen LogP contribution in [-0.4, -0.2) is 16.7 Å². The van der Waals surface area contributed by atoms with Gasteiger partial charge in [0.05, 0.1) is 24.7 Å². The summed E-state index contributed by atoms with van der Waals surface area (Å²) >= 11 is 0. The van der Waals surface area contributed by atoms with E-state index in [1.165, 1.54) is 29.7 Å². The normalized spacial score (nSPS) is 14.5. The Labute approximate surface area is 124 Å². The van der Waals surface area contributed by atoms with Gasteiger partial charge in [-0.25, -0.2) is 4.98 Å². The lowest BCUT2D eigenvalue weighted by atomic mass is 10.2. The predicted molar refractivity (Wildman–Crippen MR) is 83.8 cm³/mol. The highest BCUT2D eigenvalue weighted by Crippen LogP contribution is 2.41. The second kappa shape index (κ2) is 4.92. The molecule has 3 aromatic rings. The zero-order valence-corrected chi connectivity index (χ0v) is 12.1. The maximum atomic E-state index is 5.49. The molecule has 3 nitrogen and oxygen atoms in total. The summed E-state index contributed by atoms with van der Waals surface area (Å²) in [5.41, 5.74) is 3.50. The van der Waals surface area contributed by atoms with Crippen molar-refractivity contribution in [3.05, 3.63) is 59.9 Å². The molecule has 1 saturated carbocycles. The summed E-state index contributed by atoms with van der Waals surface area (Å²) in [4.78, 5) is 4.85. The SMILES string of the molecule is COc1ccccc1Cn1c(C2CC2)nc2ccccc21. The minimum Gasteiger partial charge on any atom is -0.496 e. The number of benzene rings is 2. The molecule has 2 aromatic carbocycles. The lowest BCUT2D eigenvalue weighted by molar-refractivity contribution is 0.408. The molecule has 1 aliphatic rings. The van der Waals surface area contributed by atoms with Gasteiger partial charge in [0, 0.05) is 11.5 Å². The molecule has 106 valence electrons. The Morgan fingerprint density at radius 2 is 1.86 bits per heavy atom. The van der Waals surface area contributed by atoms with Gasteiger partial charge in [-0.05, 0) is 31.0 Å². The number of fused-ring (bicyclic) bond motifs is 1. The highest BCUT2D eigenvalue weighted by atomic mass is 16.5. The lowest BCUT2D eigenvalue weighted by Crippen LogP contribution is -2.05. The molecule has 0 unspecified atom stereocenters. The number of ether oxygens (including phenoxy) is 1. The van der Waals surface area contributed by atoms with Gasteiger partial charge in [0.25, 0.3) is 0 Å². The van der Waals surface area contributed by atoms with E-state index in [9.17, 15) is 0 Å². The van der Waals surface area contributed by atoms with Crippen LogP contribution in [0.4, 0.5) is 0 Å². The van der Waals surface area contributed by atoms with Crippen molar-refractivity contribution in [1.82, 2.24) is 9.55 Å². The molecule has 0 saturated heterocycles. The summed E-state index contributed by atoms with van der Waals surface area (Å²) in [6.07, 6.45) is 2.52. The molecule has 0 bridgehead atoms. The minimum absolute atomic E-state index is 0.632. The van der Waals surface area contributed by atoms with Gasteiger partial charge in [-0.3, -0.25) is 0 Å². The number of imidazole rings is 1. The Hall–Kier alpha value is -2.29. The third-order valence-corrected chi connectivity index (χ3v) is 4.15. The van der Waals surface area contributed by atoms with Crippen LogP contribution in [0, 0.1) is 0 Å². The third kappa shape index (κ3) is 2.19. The summed E-state index contributed by atoms with van der Waals surface area (Å²) in [5.74, 6) is 2.80. The number of nitrogens with zero attached hydrogens (tertiary/aromatic N) is 2. The van der Waals surface area contributed by atoms with Crippen LogP contribution in [0.25, 0.3) is 11.0 Å². The fourth-order valence-electron chi connectivity index (χ4n) is 2.92. The van der Waals surface area contributed by atoms with Gasteiger partial charge in [-0.15, -0.1) is 0 Å². The van der Waals surface area contributed by atoms with Crippen LogP contribution in [0.5, 0.6) is 5.75 Å². The Balaban J connectivity index is 1.83. The van der Waals surface area contributed by atoms with Crippen molar-refractivity contribution in [2.45, 2.75) is 25.3 Å². The van der Waals surface area contributed by atoms with Crippen molar-refractivity contribution in [2.75, 3.05) is 7.11 Å². The van der Waals surface area contributed by atoms with E-state index >= 15 is 0 Å². The Morgan fingerprint density at radius 1 is 1.10 bits per heavy atom. The van der Waals surface area contributed by atoms with Crippen molar-refractivity contribution in [3.63, 3.8) is 0 Å². The number of aromatic nitrogens is 2. The Kier molecular flexibility index (Phi) is 2.92. The summed E-state index contributed by atoms with van der Waals surface area (Å²) in [6.45, 7) is 0.816. The van der Waals surface area contributed by atoms with Crippen molar-refractivity contribution >= 4 is 11.0 Å². The molecule has 1 aliphatic carbocycles. The molecule has 0 N–H and O–H groups in total. The van der Waals surface area contributed by atoms with E-state index in [1.54, 1.807) is 7.11 Å². The highest BCUT2D eigenvalue weighted by Gasteiger charge is 2.29. The molecular formula is C18H18N2O. The number of para-hydroxylation sites is 3. The summed E-state index contributed by atoms with van der Waals surface area (Å²) < 4.78 is 7.84. The van der Waals surface area contributed by atoms with Crippen molar-refractivity contribution < 1.29 is 4.74 Å². The Bertz CT molecular complexity index is 787. The van der Waals surface area contributed by atoms with E-state index in [-0.39, 0.29) is 0 Å². The zero-order chi connectivity index (χ0) is 14.2. The molecular weight excluding hydrogens is 260 g/mol. The van der Waals surface area contributed by atoms with Crippen molar-refractivity contribution in [1.29, 1.82) is 0 Å². The van der Waals surface area contributed by atoms with Gasteiger partial charge < -0.3 is 9.30 Å². The monoisotopic (exact) mass is 278 g/mol. The van der Waals surface area contributed by atoms with Crippen molar-refractivity contribution in [3.8, 4) is 5.75 Å². The average molecular weight is 278 g/mol. The van der Waals surface area contributed by atoms with Gasteiger partial charge in [0.2, 0.25) is 0 Å². The van der Waals surface area contributed by atoms with Gasteiger partial charge in [-0.1, -0.05) is 30.3 Å². The molecule has 0 atom stereocenters. The summed E-state index contributed by atoms with van der Waals surface area (Å²) in [5, 5.41) is 0. The van der Waals surface area contributed by atoms with Gasteiger partial charge in [0.1, 0.15) is 11.6 Å². The molecule has 1 heterocycles. The number of rotatable bonds is 4. The first-order valence-corrected chi connectivity index (χ1v) is 7.44. The predicted octanol–water partition coefficient (Wildman–Crippen LogP) is 3.97. The minimum atomic E-state index is 0.632. The smallest absolute Gasteiger partial charge is 0.123 e. The van der Waals surface area contributed by atoms with Gasteiger partial charge >= 0.3 is 0 Å². The lowest BCUT2D eigenvalue weighted by Gasteiger charge is -2.12. The van der Waals surface area contributed by atoms with E-state index in [0.29, 0.717) is 5.92 Å². The molecule has 0 spiro atoms. The number of methoxy groups -OCH3 is 1. The first-order chi connectivity index (χ1) is 10.4. The molecule has 0 amide bonds. The van der Waals surface area contributed by atoms with E-state index in [1.807, 2.05) is 12.1 Å². The molecule has 1 fully saturated rings. The largest absolute Gasteiger partial charge is 0.496 e. The first-order valence-electron chi connectivity index (χ1n) is 7.44. The molecule has 0 aliphatic heterocycles. The maximum absolute atomic E-state index is 5.49. The van der Waals surface area contributed by atoms with E-state index in [4.69, 9.17) is 9.72 Å². The second-order valence-electron chi connectivity index (χ2n) is 5.63. The topological polar surface area (TPSA) is 27.1 Å². The van der Waals surface area contributed by atoms with Crippen molar-refractivity contribution in [2.24, 2.45) is 0 Å². The molecule has 0 radical (unpaired) electrons. The summed E-state index contributed by atoms with van der Waals surface area (Å²) in [6, 6.07) is 16.6. The van der Waals surface area contributed by atoms with Crippen LogP contribution < -0.4 is 4.74 Å². The van der Waals surface area contributed by atoms with Crippen LogP contribution in [0.2, 0.25) is 0 Å². The van der Waals surface area contributed by atoms with Crippen LogP contribution >= 0.6 is 0 Å². The zero-order valence-electron chi connectivity index (χ0n) is 12.1. The standard InChI is InChI=1S/C18H18N2O/c1-21-17-9-5-2-6-14(17)12-20-16-8-4-3-7-15(16)19-18(20)13-10-11-13/h2-9,13H,10-12H2,1H3. The average Bonchev–Trinajstić information content (AvgIpc) is 3.31. The molecule has 1 aromatic heterocycles. The van der Waals surface area contributed by atoms with Crippen LogP contribution in [0.3, 0.4) is 0 Å². The summed E-state index contributed by atoms with van der Waals surface area (Å²) in [7, 11) is 1.73.